The zero-order valence-electron chi connectivity index (χ0n) is 14.7. The van der Waals surface area contributed by atoms with Gasteiger partial charge in [-0.05, 0) is 30.5 Å². The maximum atomic E-state index is 11.4. The van der Waals surface area contributed by atoms with E-state index in [4.69, 9.17) is 5.14 Å². The molecule has 0 bridgehead atoms. The van der Waals surface area contributed by atoms with Crippen LogP contribution in [0.2, 0.25) is 0 Å². The minimum atomic E-state index is -4.08. The Morgan fingerprint density at radius 3 is 2.57 bits per heavy atom. The lowest BCUT2D eigenvalue weighted by Crippen LogP contribution is -2.12. The van der Waals surface area contributed by atoms with Crippen LogP contribution in [0.25, 0.3) is 10.8 Å². The number of nitrogens with zero attached hydrogens (tertiary/aromatic N) is 2. The maximum Gasteiger partial charge on any atom is 0.295 e. The van der Waals surface area contributed by atoms with Crippen LogP contribution in [0, 0.1) is 10.1 Å². The van der Waals surface area contributed by atoms with Crippen molar-refractivity contribution in [1.82, 2.24) is 0 Å². The van der Waals surface area contributed by atoms with Crippen LogP contribution in [0.15, 0.2) is 64.6 Å². The maximum absolute atomic E-state index is 11.4. The summed E-state index contributed by atoms with van der Waals surface area (Å²) < 4.78 is 22.8. The van der Waals surface area contributed by atoms with E-state index in [0.29, 0.717) is 16.7 Å². The van der Waals surface area contributed by atoms with Gasteiger partial charge in [-0.15, -0.1) is 0 Å². The van der Waals surface area contributed by atoms with Crippen molar-refractivity contribution in [3.63, 3.8) is 0 Å². The molecule has 3 rings (SSSR count). The largest absolute Gasteiger partial charge is 0.507 e. The third-order valence-electron chi connectivity index (χ3n) is 4.13. The molecule has 0 aliphatic heterocycles. The number of hydrogen-bond donors (Lipinski definition) is 3. The fourth-order valence-corrected chi connectivity index (χ4v) is 3.22. The van der Waals surface area contributed by atoms with Crippen molar-refractivity contribution in [2.24, 2.45) is 10.2 Å². The molecule has 4 N–H and O–H groups in total. The highest BCUT2D eigenvalue weighted by Gasteiger charge is 2.19. The third-order valence-corrected chi connectivity index (χ3v) is 5.04. The van der Waals surface area contributed by atoms with Gasteiger partial charge in [-0.2, -0.15) is 5.10 Å². The van der Waals surface area contributed by atoms with Crippen LogP contribution in [0.4, 0.5) is 11.4 Å². The van der Waals surface area contributed by atoms with E-state index < -0.39 is 20.6 Å². The fourth-order valence-electron chi connectivity index (χ4n) is 2.69. The van der Waals surface area contributed by atoms with Crippen molar-refractivity contribution in [3.05, 3.63) is 70.3 Å². The normalized spacial score (nSPS) is 12.1. The van der Waals surface area contributed by atoms with Crippen LogP contribution in [0.3, 0.4) is 0 Å². The highest BCUT2D eigenvalue weighted by atomic mass is 32.2. The molecule has 10 heteroatoms. The molecule has 0 radical (unpaired) electrons. The number of nitrogens with two attached hydrogens (primary N) is 1. The summed E-state index contributed by atoms with van der Waals surface area (Å²) in [6, 6.07) is 14.0. The van der Waals surface area contributed by atoms with Crippen molar-refractivity contribution in [3.8, 4) is 5.75 Å². The molecule has 144 valence electrons. The Morgan fingerprint density at radius 2 is 1.89 bits per heavy atom. The van der Waals surface area contributed by atoms with Crippen LogP contribution >= 0.6 is 0 Å². The topological polar surface area (TPSA) is 148 Å². The van der Waals surface area contributed by atoms with Gasteiger partial charge in [0, 0.05) is 17.0 Å². The second-order valence-electron chi connectivity index (χ2n) is 5.97. The Kier molecular flexibility index (Phi) is 4.99. The van der Waals surface area contributed by atoms with Crippen LogP contribution in [0.1, 0.15) is 12.5 Å². The van der Waals surface area contributed by atoms with Crippen molar-refractivity contribution in [2.45, 2.75) is 11.8 Å². The monoisotopic (exact) mass is 400 g/mol. The van der Waals surface area contributed by atoms with E-state index in [1.54, 1.807) is 25.1 Å². The van der Waals surface area contributed by atoms with Gasteiger partial charge in [-0.1, -0.05) is 30.3 Å². The van der Waals surface area contributed by atoms with Crippen molar-refractivity contribution in [1.29, 1.82) is 0 Å². The molecular formula is C18H16N4O5S. The smallest absolute Gasteiger partial charge is 0.295 e. The van der Waals surface area contributed by atoms with Gasteiger partial charge in [0.15, 0.2) is 0 Å². The number of hydrogen-bond acceptors (Lipinski definition) is 7. The molecular weight excluding hydrogens is 384 g/mol. The third kappa shape index (κ3) is 3.77. The molecule has 0 saturated heterocycles. The number of nitrogens with one attached hydrogen (secondary N) is 1. The molecule has 0 aromatic heterocycles. The van der Waals surface area contributed by atoms with Gasteiger partial charge in [0.25, 0.3) is 5.69 Å². The zero-order chi connectivity index (χ0) is 20.5. The van der Waals surface area contributed by atoms with Crippen LogP contribution in [-0.4, -0.2) is 24.2 Å². The predicted octanol–water partition coefficient (Wildman–Crippen LogP) is 2.94. The highest BCUT2D eigenvalue weighted by molar-refractivity contribution is 7.89. The van der Waals surface area contributed by atoms with E-state index >= 15 is 0 Å². The van der Waals surface area contributed by atoms with E-state index in [1.165, 1.54) is 6.07 Å². The molecule has 0 spiro atoms. The van der Waals surface area contributed by atoms with Crippen molar-refractivity contribution >= 4 is 37.9 Å². The summed E-state index contributed by atoms with van der Waals surface area (Å²) in [5, 5.41) is 32.4. The Labute approximate surface area is 160 Å². The van der Waals surface area contributed by atoms with E-state index in [0.717, 1.165) is 17.5 Å². The highest BCUT2D eigenvalue weighted by Crippen LogP contribution is 2.30. The second-order valence-corrected chi connectivity index (χ2v) is 7.53. The van der Waals surface area contributed by atoms with Crippen molar-refractivity contribution in [2.75, 3.05) is 5.43 Å². The lowest BCUT2D eigenvalue weighted by molar-refractivity contribution is -0.384. The fraction of sp³-hybridized carbons (Fsp3) is 0.0556. The van der Waals surface area contributed by atoms with Crippen LogP contribution in [0.5, 0.6) is 5.75 Å². The first-order valence-corrected chi connectivity index (χ1v) is 9.56. The van der Waals surface area contributed by atoms with E-state index in [2.05, 4.69) is 10.5 Å². The van der Waals surface area contributed by atoms with Crippen molar-refractivity contribution < 1.29 is 18.4 Å². The SMILES string of the molecule is C/C(=N\Nc1ccc(S(N)(=O)=O)cc1[N+](=O)[O-])c1ccc2ccccc2c1O. The summed E-state index contributed by atoms with van der Waals surface area (Å²) in [5.41, 5.74) is 2.87. The number of phenols is 1. The summed E-state index contributed by atoms with van der Waals surface area (Å²) >= 11 is 0. The van der Waals surface area contributed by atoms with E-state index in [9.17, 15) is 23.6 Å². The molecule has 0 heterocycles. The zero-order valence-corrected chi connectivity index (χ0v) is 15.5. The molecule has 9 nitrogen and oxygen atoms in total. The van der Waals surface area contributed by atoms with Crippen LogP contribution < -0.4 is 10.6 Å². The van der Waals surface area contributed by atoms with E-state index in [1.807, 2.05) is 18.2 Å². The van der Waals surface area contributed by atoms with Gasteiger partial charge in [-0.25, -0.2) is 13.6 Å². The molecule has 0 saturated carbocycles. The molecule has 28 heavy (non-hydrogen) atoms. The number of hydrazone groups is 1. The second kappa shape index (κ2) is 7.25. The van der Waals surface area contributed by atoms with Crippen LogP contribution in [-0.2, 0) is 10.0 Å². The van der Waals surface area contributed by atoms with Gasteiger partial charge in [0.05, 0.1) is 15.5 Å². The average molecular weight is 400 g/mol. The Hall–Kier alpha value is -3.50. The number of nitro benzene ring substituents is 1. The number of phenolic OH excluding ortho intramolecular Hbond substituents is 1. The number of nitro groups is 1. The predicted molar refractivity (Wildman–Crippen MR) is 106 cm³/mol. The van der Waals surface area contributed by atoms with Gasteiger partial charge in [0.1, 0.15) is 11.4 Å². The average Bonchev–Trinajstić information content (AvgIpc) is 2.65. The van der Waals surface area contributed by atoms with Gasteiger partial charge in [-0.3, -0.25) is 15.5 Å². The molecule has 3 aromatic rings. The lowest BCUT2D eigenvalue weighted by Gasteiger charge is -2.09. The Morgan fingerprint density at radius 1 is 1.18 bits per heavy atom. The number of fused-ring (bicyclic) bond motifs is 1. The number of anilines is 1. The van der Waals surface area contributed by atoms with Gasteiger partial charge in [0.2, 0.25) is 10.0 Å². The number of rotatable bonds is 5. The molecule has 0 fully saturated rings. The summed E-state index contributed by atoms with van der Waals surface area (Å²) in [4.78, 5) is 10.1. The number of sulfonamides is 1. The van der Waals surface area contributed by atoms with Gasteiger partial charge >= 0.3 is 0 Å². The summed E-state index contributed by atoms with van der Waals surface area (Å²) in [7, 11) is -4.08. The molecule has 0 unspecified atom stereocenters. The van der Waals surface area contributed by atoms with E-state index in [-0.39, 0.29) is 16.3 Å². The summed E-state index contributed by atoms with van der Waals surface area (Å²) in [6.45, 7) is 1.63. The lowest BCUT2D eigenvalue weighted by atomic mass is 10.0. The minimum absolute atomic E-state index is 0.0166. The number of aromatic hydroxyl groups is 1. The summed E-state index contributed by atoms with van der Waals surface area (Å²) in [6.07, 6.45) is 0. The molecule has 0 atom stereocenters. The Balaban J connectivity index is 1.98. The molecule has 3 aromatic carbocycles. The molecule has 0 aliphatic carbocycles. The Bertz CT molecular complexity index is 1220. The first kappa shape index (κ1) is 19.3. The van der Waals surface area contributed by atoms with Gasteiger partial charge < -0.3 is 5.11 Å². The molecule has 0 amide bonds. The first-order valence-electron chi connectivity index (χ1n) is 8.01. The number of primary sulfonamides is 1. The standard InChI is InChI=1S/C18H16N4O5S/c1-11(14-8-6-12-4-2-3-5-15(12)18(14)23)20-21-16-9-7-13(28(19,26)27)10-17(16)22(24)25/h2-10,21,23H,1H3,(H2,19,26,27)/b20-11+. The summed E-state index contributed by atoms with van der Waals surface area (Å²) in [5.74, 6) is 0.0419. The number of benzene rings is 3. The quantitative estimate of drug-likeness (QED) is 0.341. The minimum Gasteiger partial charge on any atom is -0.507 e. The molecule has 0 aliphatic rings. The first-order chi connectivity index (χ1) is 13.2.